The molecule has 29 heavy (non-hydrogen) atoms. The normalized spacial score (nSPS) is 19.5. The van der Waals surface area contributed by atoms with Crippen LogP contribution in [0.25, 0.3) is 17.0 Å². The fraction of sp³-hybridized carbons (Fsp3) is 0.500. The first-order valence-corrected chi connectivity index (χ1v) is 9.91. The molecule has 3 aromatic heterocycles. The third-order valence-corrected chi connectivity index (χ3v) is 5.20. The van der Waals surface area contributed by atoms with Crippen molar-refractivity contribution in [3.8, 4) is 5.95 Å². The minimum Gasteiger partial charge on any atom is -0.382 e. The first-order valence-electron chi connectivity index (χ1n) is 9.91. The average molecular weight is 398 g/mol. The molecule has 0 spiro atoms. The Morgan fingerprint density at radius 3 is 2.83 bits per heavy atom. The fourth-order valence-corrected chi connectivity index (χ4v) is 3.71. The highest BCUT2D eigenvalue weighted by Crippen LogP contribution is 2.23. The van der Waals surface area contributed by atoms with Gasteiger partial charge in [0.1, 0.15) is 6.33 Å². The lowest BCUT2D eigenvalue weighted by Gasteiger charge is -2.29. The summed E-state index contributed by atoms with van der Waals surface area (Å²) in [4.78, 5) is 29.4. The van der Waals surface area contributed by atoms with E-state index in [2.05, 4.69) is 25.3 Å². The predicted octanol–water partition coefficient (Wildman–Crippen LogP) is 2.16. The number of carbonyl (C=O) groups excluding carboxylic acids is 1. The molecular formula is C20H26N6O3. The number of ether oxygens (including phenoxy) is 2. The van der Waals surface area contributed by atoms with Crippen LogP contribution in [0.3, 0.4) is 0 Å². The summed E-state index contributed by atoms with van der Waals surface area (Å²) in [6.45, 7) is 3.15. The lowest BCUT2D eigenvalue weighted by atomic mass is 9.93. The predicted molar refractivity (Wildman–Crippen MR) is 107 cm³/mol. The molecular weight excluding hydrogens is 372 g/mol. The standard InChI is InChI=1S/C20H26N6O3/c1-13-11-16-17(22-13)18(25-20(24-16)26-8-7-21-12-26)19(27)23-14-3-5-15(6-4-14)29-10-9-28-2/h7-8,11-12,14-15,22H,3-6,9-10H2,1-2H3,(H,23,27). The summed E-state index contributed by atoms with van der Waals surface area (Å²) in [6.07, 6.45) is 8.89. The number of amides is 1. The van der Waals surface area contributed by atoms with Crippen LogP contribution in [-0.4, -0.2) is 62.9 Å². The average Bonchev–Trinajstić information content (AvgIpc) is 3.37. The second-order valence-electron chi connectivity index (χ2n) is 7.37. The number of rotatable bonds is 7. The van der Waals surface area contributed by atoms with E-state index in [1.807, 2.05) is 13.0 Å². The largest absolute Gasteiger partial charge is 0.382 e. The van der Waals surface area contributed by atoms with Crippen molar-refractivity contribution < 1.29 is 14.3 Å². The van der Waals surface area contributed by atoms with Gasteiger partial charge in [-0.05, 0) is 38.7 Å². The van der Waals surface area contributed by atoms with E-state index in [0.717, 1.165) is 31.4 Å². The Bertz CT molecular complexity index is 960. The number of aromatic amines is 1. The minimum absolute atomic E-state index is 0.113. The maximum Gasteiger partial charge on any atom is 0.272 e. The number of aryl methyl sites for hydroxylation is 1. The van der Waals surface area contributed by atoms with Crippen molar-refractivity contribution in [1.82, 2.24) is 29.8 Å². The quantitative estimate of drug-likeness (QED) is 0.591. The van der Waals surface area contributed by atoms with Gasteiger partial charge in [-0.2, -0.15) is 0 Å². The molecule has 1 saturated carbocycles. The van der Waals surface area contributed by atoms with Crippen molar-refractivity contribution >= 4 is 16.9 Å². The number of fused-ring (bicyclic) bond motifs is 1. The van der Waals surface area contributed by atoms with Crippen molar-refractivity contribution in [3.63, 3.8) is 0 Å². The van der Waals surface area contributed by atoms with E-state index in [1.165, 1.54) is 0 Å². The van der Waals surface area contributed by atoms with E-state index in [0.29, 0.717) is 35.9 Å². The van der Waals surface area contributed by atoms with E-state index in [1.54, 1.807) is 30.4 Å². The summed E-state index contributed by atoms with van der Waals surface area (Å²) in [7, 11) is 1.67. The molecule has 1 aliphatic rings. The van der Waals surface area contributed by atoms with E-state index < -0.39 is 0 Å². The molecule has 0 atom stereocenters. The summed E-state index contributed by atoms with van der Waals surface area (Å²) >= 11 is 0. The molecule has 2 N–H and O–H groups in total. The summed E-state index contributed by atoms with van der Waals surface area (Å²) < 4.78 is 12.5. The van der Waals surface area contributed by atoms with Gasteiger partial charge in [0.2, 0.25) is 5.95 Å². The van der Waals surface area contributed by atoms with Gasteiger partial charge >= 0.3 is 0 Å². The maximum atomic E-state index is 13.1. The van der Waals surface area contributed by atoms with Gasteiger partial charge in [0.15, 0.2) is 5.69 Å². The second kappa shape index (κ2) is 8.71. The molecule has 1 aliphatic carbocycles. The van der Waals surface area contributed by atoms with Crippen molar-refractivity contribution in [2.24, 2.45) is 0 Å². The highest BCUT2D eigenvalue weighted by Gasteiger charge is 2.25. The zero-order valence-electron chi connectivity index (χ0n) is 16.7. The minimum atomic E-state index is -0.190. The topological polar surface area (TPSA) is 107 Å². The number of methoxy groups -OCH3 is 1. The molecule has 3 aromatic rings. The summed E-state index contributed by atoms with van der Waals surface area (Å²) in [5.41, 5.74) is 2.65. The monoisotopic (exact) mass is 398 g/mol. The molecule has 1 amide bonds. The molecule has 4 rings (SSSR count). The van der Waals surface area contributed by atoms with E-state index in [-0.39, 0.29) is 18.1 Å². The molecule has 0 bridgehead atoms. The van der Waals surface area contributed by atoms with Gasteiger partial charge in [0.25, 0.3) is 5.91 Å². The van der Waals surface area contributed by atoms with Crippen LogP contribution in [0.15, 0.2) is 24.8 Å². The third-order valence-electron chi connectivity index (χ3n) is 5.20. The highest BCUT2D eigenvalue weighted by molar-refractivity contribution is 6.03. The molecule has 9 nitrogen and oxygen atoms in total. The molecule has 0 saturated heterocycles. The van der Waals surface area contributed by atoms with Crippen molar-refractivity contribution in [3.05, 3.63) is 36.2 Å². The Balaban J connectivity index is 1.47. The number of imidazole rings is 1. The van der Waals surface area contributed by atoms with Crippen LogP contribution in [-0.2, 0) is 9.47 Å². The van der Waals surface area contributed by atoms with Crippen molar-refractivity contribution in [2.45, 2.75) is 44.8 Å². The Labute approximate surface area is 168 Å². The van der Waals surface area contributed by atoms with Crippen LogP contribution < -0.4 is 5.32 Å². The molecule has 0 aromatic carbocycles. The first-order chi connectivity index (χ1) is 14.1. The van der Waals surface area contributed by atoms with Gasteiger partial charge in [0.05, 0.1) is 30.4 Å². The van der Waals surface area contributed by atoms with E-state index >= 15 is 0 Å². The summed E-state index contributed by atoms with van der Waals surface area (Å²) in [5, 5.41) is 3.14. The van der Waals surface area contributed by atoms with Crippen molar-refractivity contribution in [2.75, 3.05) is 20.3 Å². The Morgan fingerprint density at radius 1 is 1.28 bits per heavy atom. The number of hydrogen-bond donors (Lipinski definition) is 2. The van der Waals surface area contributed by atoms with Gasteiger partial charge in [-0.15, -0.1) is 0 Å². The maximum absolute atomic E-state index is 13.1. The summed E-state index contributed by atoms with van der Waals surface area (Å²) in [6, 6.07) is 2.03. The zero-order chi connectivity index (χ0) is 20.2. The van der Waals surface area contributed by atoms with Crippen LogP contribution in [0.5, 0.6) is 0 Å². The number of carbonyl (C=O) groups is 1. The Kier molecular flexibility index (Phi) is 5.86. The fourth-order valence-electron chi connectivity index (χ4n) is 3.71. The molecule has 1 fully saturated rings. The van der Waals surface area contributed by atoms with Crippen molar-refractivity contribution in [1.29, 1.82) is 0 Å². The second-order valence-corrected chi connectivity index (χ2v) is 7.37. The number of nitrogens with zero attached hydrogens (tertiary/aromatic N) is 4. The summed E-state index contributed by atoms with van der Waals surface area (Å²) in [5.74, 6) is 0.235. The molecule has 0 radical (unpaired) electrons. The lowest BCUT2D eigenvalue weighted by molar-refractivity contribution is -0.00409. The Hall–Kier alpha value is -2.78. The van der Waals surface area contributed by atoms with Crippen LogP contribution in [0.1, 0.15) is 41.9 Å². The third kappa shape index (κ3) is 4.46. The molecule has 0 unspecified atom stereocenters. The SMILES string of the molecule is COCCOC1CCC(NC(=O)c2nc(-n3ccnc3)nc3cc(C)[nH]c23)CC1. The van der Waals surface area contributed by atoms with Gasteiger partial charge in [0, 0.05) is 31.2 Å². The molecule has 9 heteroatoms. The zero-order valence-corrected chi connectivity index (χ0v) is 16.7. The van der Waals surface area contributed by atoms with Gasteiger partial charge < -0.3 is 19.8 Å². The molecule has 154 valence electrons. The van der Waals surface area contributed by atoms with E-state index in [9.17, 15) is 4.79 Å². The molecule has 3 heterocycles. The smallest absolute Gasteiger partial charge is 0.272 e. The Morgan fingerprint density at radius 2 is 2.10 bits per heavy atom. The van der Waals surface area contributed by atoms with Crippen LogP contribution in [0.4, 0.5) is 0 Å². The van der Waals surface area contributed by atoms with Gasteiger partial charge in [-0.3, -0.25) is 9.36 Å². The highest BCUT2D eigenvalue weighted by atomic mass is 16.5. The number of H-pyrrole nitrogens is 1. The lowest BCUT2D eigenvalue weighted by Crippen LogP contribution is -2.39. The number of nitrogens with one attached hydrogen (secondary N) is 2. The van der Waals surface area contributed by atoms with Gasteiger partial charge in [-0.1, -0.05) is 0 Å². The van der Waals surface area contributed by atoms with Gasteiger partial charge in [-0.25, -0.2) is 15.0 Å². The van der Waals surface area contributed by atoms with E-state index in [4.69, 9.17) is 9.47 Å². The van der Waals surface area contributed by atoms with Crippen LogP contribution >= 0.6 is 0 Å². The van der Waals surface area contributed by atoms with Crippen LogP contribution in [0, 0.1) is 6.92 Å². The molecule has 0 aliphatic heterocycles. The first kappa shape index (κ1) is 19.5. The number of aromatic nitrogens is 5. The van der Waals surface area contributed by atoms with Crippen LogP contribution in [0.2, 0.25) is 0 Å². The number of hydrogen-bond acceptors (Lipinski definition) is 6.